The van der Waals surface area contributed by atoms with Crippen LogP contribution >= 0.6 is 0 Å². The number of anilines is 1. The third-order valence-corrected chi connectivity index (χ3v) is 4.49. The fourth-order valence-corrected chi connectivity index (χ4v) is 2.92. The van der Waals surface area contributed by atoms with E-state index in [1.807, 2.05) is 0 Å². The summed E-state index contributed by atoms with van der Waals surface area (Å²) >= 11 is 0. The van der Waals surface area contributed by atoms with Crippen LogP contribution in [0.3, 0.4) is 0 Å². The van der Waals surface area contributed by atoms with E-state index < -0.39 is 23.9 Å². The standard InChI is InChI=1S/C20H22N2O6/c1-13(19(24)21-15-5-7-16(26-2)8-6-15)28-20(25)14-10-18(23)22(11-14)12-17-4-3-9-27-17/h3-9,13-14H,10-12H2,1-2H3,(H,21,24)/t13-,14-/m0/s1. The van der Waals surface area contributed by atoms with Gasteiger partial charge in [-0.2, -0.15) is 0 Å². The van der Waals surface area contributed by atoms with Crippen LogP contribution in [0, 0.1) is 5.92 Å². The van der Waals surface area contributed by atoms with Gasteiger partial charge in [0.05, 0.1) is 25.8 Å². The number of likely N-dealkylation sites (tertiary alicyclic amines) is 1. The molecular weight excluding hydrogens is 364 g/mol. The summed E-state index contributed by atoms with van der Waals surface area (Å²) in [7, 11) is 1.55. The highest BCUT2D eigenvalue weighted by molar-refractivity contribution is 5.95. The molecule has 2 amide bonds. The minimum absolute atomic E-state index is 0.0619. The van der Waals surface area contributed by atoms with Gasteiger partial charge in [0.2, 0.25) is 5.91 Å². The highest BCUT2D eigenvalue weighted by Crippen LogP contribution is 2.22. The SMILES string of the molecule is COc1ccc(NC(=O)[C@H](C)OC(=O)[C@H]2CC(=O)N(Cc3ccco3)C2)cc1. The molecule has 0 saturated carbocycles. The summed E-state index contributed by atoms with van der Waals surface area (Å²) in [5, 5.41) is 2.67. The first-order valence-corrected chi connectivity index (χ1v) is 8.92. The van der Waals surface area contributed by atoms with Crippen molar-refractivity contribution >= 4 is 23.5 Å². The molecule has 0 aliphatic carbocycles. The lowest BCUT2D eigenvalue weighted by Gasteiger charge is -2.17. The zero-order valence-electron chi connectivity index (χ0n) is 15.7. The number of rotatable bonds is 7. The molecule has 1 saturated heterocycles. The number of nitrogens with one attached hydrogen (secondary N) is 1. The number of esters is 1. The summed E-state index contributed by atoms with van der Waals surface area (Å²) in [5.41, 5.74) is 0.564. The van der Waals surface area contributed by atoms with Gasteiger partial charge in [-0.05, 0) is 43.3 Å². The van der Waals surface area contributed by atoms with Crippen LogP contribution in [0.5, 0.6) is 5.75 Å². The number of amides is 2. The largest absolute Gasteiger partial charge is 0.497 e. The van der Waals surface area contributed by atoms with Crippen molar-refractivity contribution in [1.29, 1.82) is 0 Å². The molecule has 0 radical (unpaired) electrons. The van der Waals surface area contributed by atoms with Crippen molar-refractivity contribution in [2.45, 2.75) is 26.0 Å². The molecule has 1 aromatic carbocycles. The molecule has 8 nitrogen and oxygen atoms in total. The van der Waals surface area contributed by atoms with Crippen molar-refractivity contribution in [3.63, 3.8) is 0 Å². The summed E-state index contributed by atoms with van der Waals surface area (Å²) in [5.74, 6) is -0.438. The molecule has 1 aliphatic rings. The average molecular weight is 386 g/mol. The molecule has 1 N–H and O–H groups in total. The van der Waals surface area contributed by atoms with Crippen molar-refractivity contribution in [2.24, 2.45) is 5.92 Å². The van der Waals surface area contributed by atoms with E-state index in [1.54, 1.807) is 48.4 Å². The van der Waals surface area contributed by atoms with Crippen LogP contribution < -0.4 is 10.1 Å². The zero-order chi connectivity index (χ0) is 20.1. The first kappa shape index (κ1) is 19.5. The van der Waals surface area contributed by atoms with Gasteiger partial charge in [0.15, 0.2) is 6.10 Å². The van der Waals surface area contributed by atoms with Gasteiger partial charge in [-0.15, -0.1) is 0 Å². The zero-order valence-corrected chi connectivity index (χ0v) is 15.7. The van der Waals surface area contributed by atoms with Crippen molar-refractivity contribution < 1.29 is 28.3 Å². The Morgan fingerprint density at radius 3 is 2.68 bits per heavy atom. The molecule has 2 heterocycles. The topological polar surface area (TPSA) is 98.1 Å². The third kappa shape index (κ3) is 4.70. The molecule has 1 aliphatic heterocycles. The van der Waals surface area contributed by atoms with E-state index in [2.05, 4.69) is 5.32 Å². The van der Waals surface area contributed by atoms with Gasteiger partial charge in [-0.1, -0.05) is 0 Å². The molecule has 0 bridgehead atoms. The number of ether oxygens (including phenoxy) is 2. The maximum atomic E-state index is 12.4. The Kier molecular flexibility index (Phi) is 5.98. The van der Waals surface area contributed by atoms with E-state index in [0.29, 0.717) is 23.7 Å². The lowest BCUT2D eigenvalue weighted by molar-refractivity contribution is -0.157. The van der Waals surface area contributed by atoms with Gasteiger partial charge in [0.25, 0.3) is 5.91 Å². The number of hydrogen-bond donors (Lipinski definition) is 1. The molecular formula is C20H22N2O6. The maximum Gasteiger partial charge on any atom is 0.312 e. The van der Waals surface area contributed by atoms with Gasteiger partial charge in [0.1, 0.15) is 11.5 Å². The lowest BCUT2D eigenvalue weighted by atomic mass is 10.1. The second-order valence-corrected chi connectivity index (χ2v) is 6.55. The Balaban J connectivity index is 1.50. The van der Waals surface area contributed by atoms with Gasteiger partial charge < -0.3 is 24.1 Å². The second kappa shape index (κ2) is 8.60. The molecule has 28 heavy (non-hydrogen) atoms. The molecule has 1 fully saturated rings. The van der Waals surface area contributed by atoms with Crippen LogP contribution in [0.25, 0.3) is 0 Å². The average Bonchev–Trinajstić information content (AvgIpc) is 3.32. The van der Waals surface area contributed by atoms with Crippen LogP contribution in [-0.2, 0) is 25.7 Å². The van der Waals surface area contributed by atoms with E-state index in [9.17, 15) is 14.4 Å². The molecule has 0 unspecified atom stereocenters. The minimum Gasteiger partial charge on any atom is -0.497 e. The lowest BCUT2D eigenvalue weighted by Crippen LogP contribution is -2.33. The van der Waals surface area contributed by atoms with Crippen molar-refractivity contribution in [2.75, 3.05) is 19.0 Å². The predicted molar refractivity (Wildman–Crippen MR) is 99.4 cm³/mol. The summed E-state index contributed by atoms with van der Waals surface area (Å²) < 4.78 is 15.6. The number of furan rings is 1. The first-order chi connectivity index (χ1) is 13.5. The highest BCUT2D eigenvalue weighted by Gasteiger charge is 2.36. The second-order valence-electron chi connectivity index (χ2n) is 6.55. The van der Waals surface area contributed by atoms with Crippen molar-refractivity contribution in [3.8, 4) is 5.75 Å². The summed E-state index contributed by atoms with van der Waals surface area (Å²) in [4.78, 5) is 38.3. The van der Waals surface area contributed by atoms with Gasteiger partial charge in [-0.25, -0.2) is 0 Å². The number of carbonyl (C=O) groups excluding carboxylic acids is 3. The summed E-state index contributed by atoms with van der Waals surface area (Å²) in [6, 6.07) is 10.3. The van der Waals surface area contributed by atoms with E-state index in [4.69, 9.17) is 13.9 Å². The van der Waals surface area contributed by atoms with Crippen LogP contribution in [0.2, 0.25) is 0 Å². The summed E-state index contributed by atoms with van der Waals surface area (Å²) in [6.45, 7) is 2.04. The third-order valence-electron chi connectivity index (χ3n) is 4.49. The van der Waals surface area contributed by atoms with Gasteiger partial charge in [-0.3, -0.25) is 14.4 Å². The predicted octanol–water partition coefficient (Wildman–Crippen LogP) is 2.21. The smallest absolute Gasteiger partial charge is 0.312 e. The number of nitrogens with zero attached hydrogens (tertiary/aromatic N) is 1. The molecule has 1 aromatic heterocycles. The fourth-order valence-electron chi connectivity index (χ4n) is 2.92. The van der Waals surface area contributed by atoms with Crippen molar-refractivity contribution in [3.05, 3.63) is 48.4 Å². The summed E-state index contributed by atoms with van der Waals surface area (Å²) in [6.07, 6.45) is 0.612. The van der Waals surface area contributed by atoms with Crippen LogP contribution in [0.4, 0.5) is 5.69 Å². The Bertz CT molecular complexity index is 831. The molecule has 0 spiro atoms. The number of methoxy groups -OCH3 is 1. The van der Waals surface area contributed by atoms with Gasteiger partial charge >= 0.3 is 5.97 Å². The Morgan fingerprint density at radius 2 is 2.04 bits per heavy atom. The quantitative estimate of drug-likeness (QED) is 0.733. The number of hydrogen-bond acceptors (Lipinski definition) is 6. The normalized spacial score (nSPS) is 17.3. The molecule has 2 atom stereocenters. The van der Waals surface area contributed by atoms with E-state index in [0.717, 1.165) is 0 Å². The first-order valence-electron chi connectivity index (χ1n) is 8.92. The molecule has 2 aromatic rings. The van der Waals surface area contributed by atoms with Crippen LogP contribution in [-0.4, -0.2) is 42.4 Å². The molecule has 8 heteroatoms. The minimum atomic E-state index is -0.983. The van der Waals surface area contributed by atoms with Crippen LogP contribution in [0.1, 0.15) is 19.1 Å². The Labute approximate surface area is 162 Å². The van der Waals surface area contributed by atoms with E-state index in [1.165, 1.54) is 13.2 Å². The Hall–Kier alpha value is -3.29. The highest BCUT2D eigenvalue weighted by atomic mass is 16.5. The maximum absolute atomic E-state index is 12.4. The Morgan fingerprint density at radius 1 is 1.29 bits per heavy atom. The number of carbonyl (C=O) groups is 3. The van der Waals surface area contributed by atoms with E-state index in [-0.39, 0.29) is 18.9 Å². The monoisotopic (exact) mass is 386 g/mol. The van der Waals surface area contributed by atoms with Crippen molar-refractivity contribution in [1.82, 2.24) is 4.90 Å². The van der Waals surface area contributed by atoms with E-state index >= 15 is 0 Å². The molecule has 3 rings (SSSR count). The molecule has 148 valence electrons. The number of benzene rings is 1. The van der Waals surface area contributed by atoms with Gasteiger partial charge in [0, 0.05) is 18.7 Å². The fraction of sp³-hybridized carbons (Fsp3) is 0.350. The van der Waals surface area contributed by atoms with Crippen LogP contribution in [0.15, 0.2) is 47.1 Å².